The van der Waals surface area contributed by atoms with Crippen molar-refractivity contribution in [2.24, 2.45) is 0 Å². The highest BCUT2D eigenvalue weighted by Gasteiger charge is 2.21. The largest absolute Gasteiger partial charge is 0.480 e. The lowest BCUT2D eigenvalue weighted by Crippen LogP contribution is -2.38. The SMILES string of the molecule is CC(NS(=O)(=O)c1ccc(-c2cccnc2)cc1)C(=O)O. The van der Waals surface area contributed by atoms with Crippen molar-refractivity contribution >= 4 is 16.0 Å². The number of carboxylic acids is 1. The number of pyridine rings is 1. The molecule has 0 amide bonds. The molecule has 2 N–H and O–H groups in total. The normalized spacial score (nSPS) is 12.8. The summed E-state index contributed by atoms with van der Waals surface area (Å²) in [6.07, 6.45) is 3.33. The van der Waals surface area contributed by atoms with Crippen molar-refractivity contribution in [3.63, 3.8) is 0 Å². The van der Waals surface area contributed by atoms with Crippen molar-refractivity contribution in [3.05, 3.63) is 48.8 Å². The molecular weight excluding hydrogens is 292 g/mol. The lowest BCUT2D eigenvalue weighted by molar-refractivity contribution is -0.138. The third-order valence-electron chi connectivity index (χ3n) is 2.86. The van der Waals surface area contributed by atoms with Crippen LogP contribution in [0.2, 0.25) is 0 Å². The molecule has 1 aromatic carbocycles. The van der Waals surface area contributed by atoms with E-state index in [0.717, 1.165) is 11.1 Å². The van der Waals surface area contributed by atoms with Gasteiger partial charge in [0.2, 0.25) is 10.0 Å². The Bertz CT molecular complexity index is 727. The molecule has 0 bridgehead atoms. The molecule has 2 aromatic rings. The van der Waals surface area contributed by atoms with E-state index in [0.29, 0.717) is 0 Å². The average molecular weight is 306 g/mol. The van der Waals surface area contributed by atoms with Crippen LogP contribution in [0.4, 0.5) is 0 Å². The highest BCUT2D eigenvalue weighted by atomic mass is 32.2. The van der Waals surface area contributed by atoms with Gasteiger partial charge in [-0.15, -0.1) is 0 Å². The highest BCUT2D eigenvalue weighted by molar-refractivity contribution is 7.89. The third-order valence-corrected chi connectivity index (χ3v) is 4.42. The van der Waals surface area contributed by atoms with Crippen LogP contribution < -0.4 is 4.72 Å². The molecule has 110 valence electrons. The summed E-state index contributed by atoms with van der Waals surface area (Å²) in [6.45, 7) is 1.27. The number of benzene rings is 1. The fraction of sp³-hybridized carbons (Fsp3) is 0.143. The van der Waals surface area contributed by atoms with E-state index in [1.165, 1.54) is 19.1 Å². The zero-order valence-corrected chi connectivity index (χ0v) is 12.0. The third kappa shape index (κ3) is 3.65. The van der Waals surface area contributed by atoms with E-state index in [4.69, 9.17) is 5.11 Å². The Labute approximate surface area is 122 Å². The minimum atomic E-state index is -3.85. The van der Waals surface area contributed by atoms with Gasteiger partial charge in [0.25, 0.3) is 0 Å². The fourth-order valence-corrected chi connectivity index (χ4v) is 2.91. The van der Waals surface area contributed by atoms with Crippen molar-refractivity contribution in [1.82, 2.24) is 9.71 Å². The quantitative estimate of drug-likeness (QED) is 0.872. The smallest absolute Gasteiger partial charge is 0.321 e. The van der Waals surface area contributed by atoms with E-state index in [9.17, 15) is 13.2 Å². The predicted octanol–water partition coefficient (Wildman–Crippen LogP) is 1.50. The van der Waals surface area contributed by atoms with Crippen LogP contribution >= 0.6 is 0 Å². The average Bonchev–Trinajstić information content (AvgIpc) is 2.48. The fourth-order valence-electron chi connectivity index (χ4n) is 1.71. The molecule has 0 saturated heterocycles. The van der Waals surface area contributed by atoms with Crippen LogP contribution in [0.3, 0.4) is 0 Å². The molecule has 21 heavy (non-hydrogen) atoms. The van der Waals surface area contributed by atoms with E-state index in [1.54, 1.807) is 30.6 Å². The Morgan fingerprint density at radius 3 is 2.38 bits per heavy atom. The molecule has 1 atom stereocenters. The van der Waals surface area contributed by atoms with Gasteiger partial charge >= 0.3 is 5.97 Å². The number of hydrogen-bond acceptors (Lipinski definition) is 4. The number of sulfonamides is 1. The zero-order chi connectivity index (χ0) is 15.5. The molecule has 0 aliphatic rings. The first-order valence-electron chi connectivity index (χ1n) is 6.16. The predicted molar refractivity (Wildman–Crippen MR) is 77.1 cm³/mol. The maximum Gasteiger partial charge on any atom is 0.321 e. The highest BCUT2D eigenvalue weighted by Crippen LogP contribution is 2.20. The van der Waals surface area contributed by atoms with Gasteiger partial charge in [0, 0.05) is 12.4 Å². The number of rotatable bonds is 5. The van der Waals surface area contributed by atoms with Gasteiger partial charge in [-0.2, -0.15) is 4.72 Å². The lowest BCUT2D eigenvalue weighted by Gasteiger charge is -2.10. The first-order valence-corrected chi connectivity index (χ1v) is 7.64. The number of aliphatic carboxylic acids is 1. The summed E-state index contributed by atoms with van der Waals surface area (Å²) in [6, 6.07) is 8.62. The van der Waals surface area contributed by atoms with Crippen molar-refractivity contribution < 1.29 is 18.3 Å². The van der Waals surface area contributed by atoms with Gasteiger partial charge in [-0.3, -0.25) is 9.78 Å². The zero-order valence-electron chi connectivity index (χ0n) is 11.2. The minimum absolute atomic E-state index is 0.0169. The molecule has 0 radical (unpaired) electrons. The monoisotopic (exact) mass is 306 g/mol. The van der Waals surface area contributed by atoms with E-state index in [1.807, 2.05) is 6.07 Å². The van der Waals surface area contributed by atoms with Crippen molar-refractivity contribution in [2.45, 2.75) is 17.9 Å². The van der Waals surface area contributed by atoms with Gasteiger partial charge in [-0.25, -0.2) is 8.42 Å². The standard InChI is InChI=1S/C14H14N2O4S/c1-10(14(17)18)16-21(19,20)13-6-4-11(5-7-13)12-3-2-8-15-9-12/h2-10,16H,1H3,(H,17,18). The summed E-state index contributed by atoms with van der Waals surface area (Å²) >= 11 is 0. The molecule has 1 unspecified atom stereocenters. The summed E-state index contributed by atoms with van der Waals surface area (Å²) in [5, 5.41) is 8.75. The van der Waals surface area contributed by atoms with E-state index in [-0.39, 0.29) is 4.90 Å². The molecule has 1 aromatic heterocycles. The second-order valence-corrected chi connectivity index (χ2v) is 6.16. The van der Waals surface area contributed by atoms with Gasteiger partial charge in [0.1, 0.15) is 6.04 Å². The van der Waals surface area contributed by atoms with E-state index in [2.05, 4.69) is 9.71 Å². The van der Waals surface area contributed by atoms with Gasteiger partial charge in [-0.1, -0.05) is 18.2 Å². The van der Waals surface area contributed by atoms with Crippen LogP contribution in [0, 0.1) is 0 Å². The second-order valence-electron chi connectivity index (χ2n) is 4.45. The molecule has 0 fully saturated rings. The Hall–Kier alpha value is -2.25. The van der Waals surface area contributed by atoms with Crippen molar-refractivity contribution in [1.29, 1.82) is 0 Å². The van der Waals surface area contributed by atoms with Crippen molar-refractivity contribution in [3.8, 4) is 11.1 Å². The van der Waals surface area contributed by atoms with Gasteiger partial charge in [0.15, 0.2) is 0 Å². The number of carboxylic acid groups (broad SMARTS) is 1. The summed E-state index contributed by atoms with van der Waals surface area (Å²) in [5.74, 6) is -1.23. The lowest BCUT2D eigenvalue weighted by atomic mass is 10.1. The number of nitrogens with one attached hydrogen (secondary N) is 1. The Balaban J connectivity index is 2.25. The van der Waals surface area contributed by atoms with Crippen LogP contribution in [0.5, 0.6) is 0 Å². The first kappa shape index (κ1) is 15.1. The minimum Gasteiger partial charge on any atom is -0.480 e. The summed E-state index contributed by atoms with van der Waals surface area (Å²) in [5.41, 5.74) is 1.70. The Morgan fingerprint density at radius 2 is 1.86 bits per heavy atom. The number of carbonyl (C=O) groups is 1. The molecule has 1 heterocycles. The van der Waals surface area contributed by atoms with Crippen LogP contribution in [-0.4, -0.2) is 30.5 Å². The van der Waals surface area contributed by atoms with E-state index < -0.39 is 22.0 Å². The van der Waals surface area contributed by atoms with Gasteiger partial charge < -0.3 is 5.11 Å². The number of hydrogen-bond donors (Lipinski definition) is 2. The number of aromatic nitrogens is 1. The Kier molecular flexibility index (Phi) is 4.35. The van der Waals surface area contributed by atoms with Crippen LogP contribution in [0.25, 0.3) is 11.1 Å². The molecule has 0 saturated carbocycles. The molecule has 0 aliphatic carbocycles. The number of nitrogens with zero attached hydrogens (tertiary/aromatic N) is 1. The van der Waals surface area contributed by atoms with E-state index >= 15 is 0 Å². The maximum atomic E-state index is 12.0. The molecule has 0 aliphatic heterocycles. The molecule has 2 rings (SSSR count). The topological polar surface area (TPSA) is 96.4 Å². The summed E-state index contributed by atoms with van der Waals surface area (Å²) < 4.78 is 26.1. The Morgan fingerprint density at radius 1 is 1.19 bits per heavy atom. The molecule has 0 spiro atoms. The first-order chi connectivity index (χ1) is 9.90. The van der Waals surface area contributed by atoms with Crippen LogP contribution in [-0.2, 0) is 14.8 Å². The molecule has 7 heteroatoms. The maximum absolute atomic E-state index is 12.0. The van der Waals surface area contributed by atoms with Crippen molar-refractivity contribution in [2.75, 3.05) is 0 Å². The summed E-state index contributed by atoms with van der Waals surface area (Å²) in [4.78, 5) is 14.7. The second kappa shape index (κ2) is 6.02. The molecular formula is C14H14N2O4S. The van der Waals surface area contributed by atoms with Crippen LogP contribution in [0.15, 0.2) is 53.7 Å². The van der Waals surface area contributed by atoms with Crippen LogP contribution in [0.1, 0.15) is 6.92 Å². The summed E-state index contributed by atoms with van der Waals surface area (Å²) in [7, 11) is -3.85. The van der Waals surface area contributed by atoms with Gasteiger partial charge in [0.05, 0.1) is 4.90 Å². The van der Waals surface area contributed by atoms with Gasteiger partial charge in [-0.05, 0) is 36.2 Å². The molecule has 6 nitrogen and oxygen atoms in total.